The van der Waals surface area contributed by atoms with Gasteiger partial charge in [-0.1, -0.05) is 78.4 Å². The first kappa shape index (κ1) is 20.8. The van der Waals surface area contributed by atoms with Gasteiger partial charge in [0.2, 0.25) is 0 Å². The van der Waals surface area contributed by atoms with Crippen molar-refractivity contribution in [3.8, 4) is 11.1 Å². The minimum atomic E-state index is -1.42. The van der Waals surface area contributed by atoms with E-state index in [1.807, 2.05) is 79.7 Å². The molecule has 0 saturated carbocycles. The van der Waals surface area contributed by atoms with Crippen LogP contribution < -0.4 is 5.73 Å². The Balaban J connectivity index is 1.49. The average Bonchev–Trinajstić information content (AvgIpc) is 3.07. The number of aliphatic carboxylic acids is 1. The molecule has 158 valence electrons. The van der Waals surface area contributed by atoms with E-state index in [1.165, 1.54) is 0 Å². The van der Waals surface area contributed by atoms with Crippen LogP contribution in [0, 0.1) is 12.8 Å². The normalized spacial score (nSPS) is 14.4. The van der Waals surface area contributed by atoms with Crippen LogP contribution in [-0.4, -0.2) is 29.7 Å². The zero-order valence-corrected chi connectivity index (χ0v) is 17.3. The number of aryl methyl sites for hydroxylation is 1. The van der Waals surface area contributed by atoms with E-state index in [2.05, 4.69) is 0 Å². The summed E-state index contributed by atoms with van der Waals surface area (Å²) >= 11 is 0. The average molecular weight is 415 g/mol. The van der Waals surface area contributed by atoms with E-state index < -0.39 is 23.9 Å². The lowest BCUT2D eigenvalue weighted by atomic mass is 9.93. The molecule has 2 atom stereocenters. The minimum Gasteiger partial charge on any atom is -0.481 e. The molecule has 4 rings (SSSR count). The molecule has 0 aliphatic heterocycles. The quantitative estimate of drug-likeness (QED) is 0.451. The first-order chi connectivity index (χ1) is 15.0. The highest BCUT2D eigenvalue weighted by atomic mass is 16.5. The van der Waals surface area contributed by atoms with Gasteiger partial charge in [0.05, 0.1) is 0 Å². The molecular weight excluding hydrogens is 390 g/mol. The Bertz CT molecular complexity index is 1060. The van der Waals surface area contributed by atoms with Gasteiger partial charge < -0.3 is 15.6 Å². The van der Waals surface area contributed by atoms with Crippen molar-refractivity contribution in [2.75, 3.05) is 6.61 Å². The number of hydrogen-bond donors (Lipinski definition) is 2. The summed E-state index contributed by atoms with van der Waals surface area (Å²) in [5, 5.41) is 9.66. The maximum absolute atomic E-state index is 12.8. The summed E-state index contributed by atoms with van der Waals surface area (Å²) in [6.45, 7) is 2.05. The number of carboxylic acid groups (broad SMARTS) is 1. The minimum absolute atomic E-state index is 0.0773. The van der Waals surface area contributed by atoms with Gasteiger partial charge in [0.15, 0.2) is 5.92 Å². The second kappa shape index (κ2) is 8.74. The van der Waals surface area contributed by atoms with E-state index in [1.54, 1.807) is 0 Å². The molecule has 3 aromatic rings. The molecule has 0 unspecified atom stereocenters. The van der Waals surface area contributed by atoms with Crippen molar-refractivity contribution in [2.45, 2.75) is 25.3 Å². The molecule has 0 radical (unpaired) electrons. The second-order valence-electron chi connectivity index (χ2n) is 8.03. The van der Waals surface area contributed by atoms with Gasteiger partial charge in [-0.3, -0.25) is 9.59 Å². The van der Waals surface area contributed by atoms with Crippen LogP contribution >= 0.6 is 0 Å². The highest BCUT2D eigenvalue weighted by Crippen LogP contribution is 2.44. The topological polar surface area (TPSA) is 89.6 Å². The molecule has 1 aliphatic carbocycles. The van der Waals surface area contributed by atoms with Gasteiger partial charge >= 0.3 is 11.9 Å². The van der Waals surface area contributed by atoms with Gasteiger partial charge in [-0.2, -0.15) is 0 Å². The lowest BCUT2D eigenvalue weighted by molar-refractivity contribution is -0.159. The Hall–Kier alpha value is -3.44. The molecule has 0 aromatic heterocycles. The van der Waals surface area contributed by atoms with Gasteiger partial charge in [-0.25, -0.2) is 0 Å². The number of benzene rings is 3. The number of ether oxygens (including phenoxy) is 1. The molecule has 5 nitrogen and oxygen atoms in total. The Morgan fingerprint density at radius 1 is 0.935 bits per heavy atom. The van der Waals surface area contributed by atoms with Crippen LogP contribution in [-0.2, 0) is 20.7 Å². The fourth-order valence-corrected chi connectivity index (χ4v) is 4.27. The fraction of sp³-hybridized carbons (Fsp3) is 0.231. The predicted molar refractivity (Wildman–Crippen MR) is 119 cm³/mol. The highest BCUT2D eigenvalue weighted by molar-refractivity contribution is 5.95. The van der Waals surface area contributed by atoms with Crippen LogP contribution in [0.15, 0.2) is 72.8 Å². The molecule has 31 heavy (non-hydrogen) atoms. The molecular formula is C26H25NO4. The Labute approximate surface area is 181 Å². The smallest absolute Gasteiger partial charge is 0.321 e. The zero-order chi connectivity index (χ0) is 22.0. The molecule has 3 aromatic carbocycles. The summed E-state index contributed by atoms with van der Waals surface area (Å²) in [5.41, 5.74) is 12.5. The van der Waals surface area contributed by atoms with Crippen molar-refractivity contribution >= 4 is 11.9 Å². The van der Waals surface area contributed by atoms with E-state index in [9.17, 15) is 14.7 Å². The third kappa shape index (κ3) is 4.23. The highest BCUT2D eigenvalue weighted by Gasteiger charge is 2.36. The third-order valence-electron chi connectivity index (χ3n) is 5.89. The Morgan fingerprint density at radius 2 is 1.48 bits per heavy atom. The Morgan fingerprint density at radius 3 is 2.03 bits per heavy atom. The summed E-state index contributed by atoms with van der Waals surface area (Å²) < 4.78 is 5.54. The van der Waals surface area contributed by atoms with Crippen LogP contribution in [0.1, 0.15) is 28.2 Å². The summed E-state index contributed by atoms with van der Waals surface area (Å²) in [6.07, 6.45) is 0.279. The van der Waals surface area contributed by atoms with E-state index in [-0.39, 0.29) is 18.9 Å². The second-order valence-corrected chi connectivity index (χ2v) is 8.03. The van der Waals surface area contributed by atoms with Crippen molar-refractivity contribution in [1.29, 1.82) is 0 Å². The summed E-state index contributed by atoms with van der Waals surface area (Å²) in [7, 11) is 0. The van der Waals surface area contributed by atoms with E-state index in [4.69, 9.17) is 10.5 Å². The first-order valence-corrected chi connectivity index (χ1v) is 10.3. The monoisotopic (exact) mass is 415 g/mol. The van der Waals surface area contributed by atoms with Crippen LogP contribution in [0.4, 0.5) is 0 Å². The van der Waals surface area contributed by atoms with Gasteiger partial charge in [-0.15, -0.1) is 0 Å². The van der Waals surface area contributed by atoms with Gasteiger partial charge in [0.1, 0.15) is 6.61 Å². The van der Waals surface area contributed by atoms with Gasteiger partial charge in [0, 0.05) is 12.0 Å². The van der Waals surface area contributed by atoms with Crippen molar-refractivity contribution in [2.24, 2.45) is 11.7 Å². The lowest BCUT2D eigenvalue weighted by Crippen LogP contribution is -2.43. The summed E-state index contributed by atoms with van der Waals surface area (Å²) in [4.78, 5) is 24.6. The maximum Gasteiger partial charge on any atom is 0.321 e. The maximum atomic E-state index is 12.8. The molecule has 0 amide bonds. The van der Waals surface area contributed by atoms with Crippen molar-refractivity contribution in [3.63, 3.8) is 0 Å². The number of esters is 1. The van der Waals surface area contributed by atoms with Gasteiger partial charge in [-0.05, 0) is 41.2 Å². The molecule has 0 saturated heterocycles. The number of carboxylic acids is 1. The molecule has 1 aliphatic rings. The molecule has 3 N–H and O–H groups in total. The fourth-order valence-electron chi connectivity index (χ4n) is 4.27. The predicted octanol–water partition coefficient (Wildman–Crippen LogP) is 3.92. The van der Waals surface area contributed by atoms with Crippen molar-refractivity contribution in [1.82, 2.24) is 0 Å². The van der Waals surface area contributed by atoms with E-state index in [0.717, 1.165) is 33.4 Å². The number of nitrogens with two attached hydrogens (primary N) is 1. The zero-order valence-electron chi connectivity index (χ0n) is 17.3. The lowest BCUT2D eigenvalue weighted by Gasteiger charge is -2.21. The third-order valence-corrected chi connectivity index (χ3v) is 5.89. The van der Waals surface area contributed by atoms with Gasteiger partial charge in [0.25, 0.3) is 0 Å². The molecule has 0 bridgehead atoms. The molecule has 0 spiro atoms. The molecule has 0 heterocycles. The molecule has 5 heteroatoms. The van der Waals surface area contributed by atoms with Crippen LogP contribution in [0.2, 0.25) is 0 Å². The molecule has 0 fully saturated rings. The van der Waals surface area contributed by atoms with E-state index in [0.29, 0.717) is 0 Å². The number of carbonyl (C=O) groups is 2. The Kier molecular flexibility index (Phi) is 5.87. The number of carbonyl (C=O) groups excluding carboxylic acids is 1. The largest absolute Gasteiger partial charge is 0.481 e. The van der Waals surface area contributed by atoms with Crippen molar-refractivity contribution in [3.05, 3.63) is 95.1 Å². The summed E-state index contributed by atoms with van der Waals surface area (Å²) in [5.74, 6) is -3.61. The number of rotatable bonds is 7. The number of fused-ring (bicyclic) bond motifs is 3. The number of hydrogen-bond acceptors (Lipinski definition) is 4. The SMILES string of the molecule is Cc1ccc(C[C@@H](N)[C@H](C(=O)O)C(=O)OCC2c3ccccc3-c3ccccc32)cc1. The van der Waals surface area contributed by atoms with E-state index >= 15 is 0 Å². The van der Waals surface area contributed by atoms with Crippen LogP contribution in [0.25, 0.3) is 11.1 Å². The van der Waals surface area contributed by atoms with Crippen LogP contribution in [0.3, 0.4) is 0 Å². The van der Waals surface area contributed by atoms with Crippen molar-refractivity contribution < 1.29 is 19.4 Å². The van der Waals surface area contributed by atoms with Crippen LogP contribution in [0.5, 0.6) is 0 Å². The standard InChI is InChI=1S/C26H25NO4/c1-16-10-12-17(13-11-16)14-23(27)24(25(28)29)26(30)31-15-22-20-8-4-2-6-18(20)19-7-3-5-9-21(19)22/h2-13,22-24H,14-15,27H2,1H3,(H,28,29)/t23-,24-/m1/s1. The summed E-state index contributed by atoms with van der Waals surface area (Å²) in [6, 6.07) is 22.8. The first-order valence-electron chi connectivity index (χ1n) is 10.3.